The Morgan fingerprint density at radius 2 is 1.18 bits per heavy atom. The molecule has 0 aromatic heterocycles. The summed E-state index contributed by atoms with van der Waals surface area (Å²) in [4.78, 5) is 0. The molecule has 0 N–H and O–H groups in total. The van der Waals surface area contributed by atoms with Gasteiger partial charge >= 0.3 is 0 Å². The van der Waals surface area contributed by atoms with Gasteiger partial charge in [-0.3, -0.25) is 0 Å². The Labute approximate surface area is 166 Å². The molecule has 0 amide bonds. The highest BCUT2D eigenvalue weighted by Gasteiger charge is 2.06. The van der Waals surface area contributed by atoms with Crippen LogP contribution in [0, 0.1) is 0 Å². The quantitative estimate of drug-likeness (QED) is 0.363. The van der Waals surface area contributed by atoms with Gasteiger partial charge in [0.1, 0.15) is 11.5 Å². The molecule has 0 aliphatic rings. The van der Waals surface area contributed by atoms with Gasteiger partial charge in [-0.05, 0) is 41.0 Å². The monoisotopic (exact) mass is 388 g/mol. The van der Waals surface area contributed by atoms with Crippen molar-refractivity contribution in [3.8, 4) is 11.5 Å². The molecule has 0 atom stereocenters. The highest BCUT2D eigenvalue weighted by Crippen LogP contribution is 2.27. The second-order valence-corrected chi connectivity index (χ2v) is 5.86. The lowest BCUT2D eigenvalue weighted by Crippen LogP contribution is -2.08. The average molecular weight is 388 g/mol. The van der Waals surface area contributed by atoms with E-state index in [0.29, 0.717) is 26.4 Å². The van der Waals surface area contributed by atoms with Gasteiger partial charge in [-0.2, -0.15) is 0 Å². The number of hydrogen-bond acceptors (Lipinski definition) is 6. The van der Waals surface area contributed by atoms with Crippen LogP contribution in [0.15, 0.2) is 55.1 Å². The third-order valence-corrected chi connectivity index (χ3v) is 3.85. The Morgan fingerprint density at radius 3 is 1.61 bits per heavy atom. The number of rotatable bonds is 14. The van der Waals surface area contributed by atoms with E-state index in [4.69, 9.17) is 28.4 Å². The highest BCUT2D eigenvalue weighted by molar-refractivity contribution is 5.79. The average Bonchev–Trinajstić information content (AvgIpc) is 2.73. The predicted octanol–water partition coefficient (Wildman–Crippen LogP) is 3.75. The van der Waals surface area contributed by atoms with Crippen LogP contribution in [0.25, 0.3) is 5.57 Å². The van der Waals surface area contributed by atoms with Crippen LogP contribution in [0.1, 0.15) is 11.1 Å². The van der Waals surface area contributed by atoms with E-state index < -0.39 is 0 Å². The van der Waals surface area contributed by atoms with E-state index in [0.717, 1.165) is 28.2 Å². The van der Waals surface area contributed by atoms with Gasteiger partial charge in [-0.1, -0.05) is 30.8 Å². The van der Waals surface area contributed by atoms with Crippen LogP contribution in [0.5, 0.6) is 11.5 Å². The van der Waals surface area contributed by atoms with E-state index in [-0.39, 0.29) is 13.6 Å². The van der Waals surface area contributed by atoms with E-state index in [1.165, 1.54) is 0 Å². The molecule has 0 unspecified atom stereocenters. The fourth-order valence-corrected chi connectivity index (χ4v) is 2.34. The lowest BCUT2D eigenvalue weighted by Gasteiger charge is -2.12. The van der Waals surface area contributed by atoms with Gasteiger partial charge in [0.25, 0.3) is 0 Å². The minimum Gasteiger partial charge on any atom is -0.468 e. The van der Waals surface area contributed by atoms with Crippen molar-refractivity contribution in [1.29, 1.82) is 0 Å². The first-order valence-electron chi connectivity index (χ1n) is 9.03. The van der Waals surface area contributed by atoms with Crippen molar-refractivity contribution in [3.63, 3.8) is 0 Å². The molecular formula is C22H28O6. The van der Waals surface area contributed by atoms with E-state index in [1.54, 1.807) is 14.2 Å². The molecular weight excluding hydrogens is 360 g/mol. The SMILES string of the molecule is C=C(c1cccc(OCOCCOC)c1)c1cccc(OCOCCOC)c1. The normalized spacial score (nSPS) is 10.6. The fraction of sp³-hybridized carbons (Fsp3) is 0.364. The molecule has 0 saturated heterocycles. The second kappa shape index (κ2) is 12.9. The Morgan fingerprint density at radius 1 is 0.714 bits per heavy atom. The van der Waals surface area contributed by atoms with Crippen LogP contribution in [-0.4, -0.2) is 54.2 Å². The third-order valence-electron chi connectivity index (χ3n) is 3.85. The Balaban J connectivity index is 1.92. The van der Waals surface area contributed by atoms with Crippen LogP contribution in [-0.2, 0) is 18.9 Å². The van der Waals surface area contributed by atoms with Gasteiger partial charge in [0.15, 0.2) is 13.6 Å². The lowest BCUT2D eigenvalue weighted by atomic mass is 9.99. The number of methoxy groups -OCH3 is 2. The Hall–Kier alpha value is -2.38. The van der Waals surface area contributed by atoms with Crippen LogP contribution in [0.2, 0.25) is 0 Å². The summed E-state index contributed by atoms with van der Waals surface area (Å²) < 4.78 is 31.8. The number of benzene rings is 2. The fourth-order valence-electron chi connectivity index (χ4n) is 2.34. The number of ether oxygens (including phenoxy) is 6. The summed E-state index contributed by atoms with van der Waals surface area (Å²) in [7, 11) is 3.27. The van der Waals surface area contributed by atoms with Crippen molar-refractivity contribution < 1.29 is 28.4 Å². The van der Waals surface area contributed by atoms with Crippen LogP contribution >= 0.6 is 0 Å². The summed E-state index contributed by atoms with van der Waals surface area (Å²) >= 11 is 0. The van der Waals surface area contributed by atoms with E-state index in [2.05, 4.69) is 6.58 Å². The second-order valence-electron chi connectivity index (χ2n) is 5.86. The smallest absolute Gasteiger partial charge is 0.189 e. The highest BCUT2D eigenvalue weighted by atomic mass is 16.7. The maximum absolute atomic E-state index is 5.62. The largest absolute Gasteiger partial charge is 0.468 e. The summed E-state index contributed by atoms with van der Waals surface area (Å²) in [5.74, 6) is 1.44. The standard InChI is InChI=1S/C22H28O6/c1-18(19-6-4-8-21(14-19)27-16-25-12-10-23-2)20-7-5-9-22(15-20)28-17-26-13-11-24-3/h4-9,14-15H,1,10-13,16-17H2,2-3H3. The van der Waals surface area contributed by atoms with Crippen molar-refractivity contribution in [2.24, 2.45) is 0 Å². The van der Waals surface area contributed by atoms with E-state index >= 15 is 0 Å². The first-order valence-corrected chi connectivity index (χ1v) is 9.03. The van der Waals surface area contributed by atoms with Crippen LogP contribution in [0.3, 0.4) is 0 Å². The minimum absolute atomic E-state index is 0.172. The molecule has 6 heteroatoms. The Bertz CT molecular complexity index is 656. The van der Waals surface area contributed by atoms with Crippen molar-refractivity contribution >= 4 is 5.57 Å². The summed E-state index contributed by atoms with van der Waals surface area (Å²) in [6, 6.07) is 15.5. The zero-order valence-electron chi connectivity index (χ0n) is 16.5. The maximum Gasteiger partial charge on any atom is 0.189 e. The molecule has 0 bridgehead atoms. The van der Waals surface area contributed by atoms with Gasteiger partial charge in [0, 0.05) is 14.2 Å². The third kappa shape index (κ3) is 7.70. The van der Waals surface area contributed by atoms with Crippen LogP contribution < -0.4 is 9.47 Å². The van der Waals surface area contributed by atoms with Crippen molar-refractivity contribution in [1.82, 2.24) is 0 Å². The van der Waals surface area contributed by atoms with Gasteiger partial charge in [0.05, 0.1) is 26.4 Å². The summed E-state index contributed by atoms with van der Waals surface area (Å²) in [6.07, 6.45) is 0. The van der Waals surface area contributed by atoms with Crippen molar-refractivity contribution in [2.75, 3.05) is 54.2 Å². The predicted molar refractivity (Wildman–Crippen MR) is 108 cm³/mol. The zero-order chi connectivity index (χ0) is 20.0. The Kier molecular flexibility index (Phi) is 10.1. The van der Waals surface area contributed by atoms with E-state index in [9.17, 15) is 0 Å². The molecule has 152 valence electrons. The molecule has 28 heavy (non-hydrogen) atoms. The molecule has 0 aliphatic heterocycles. The van der Waals surface area contributed by atoms with Gasteiger partial charge < -0.3 is 28.4 Å². The topological polar surface area (TPSA) is 55.4 Å². The molecule has 0 heterocycles. The van der Waals surface area contributed by atoms with Crippen LogP contribution in [0.4, 0.5) is 0 Å². The molecule has 2 aromatic rings. The maximum atomic E-state index is 5.62. The number of hydrogen-bond donors (Lipinski definition) is 0. The molecule has 0 aliphatic carbocycles. The van der Waals surface area contributed by atoms with E-state index in [1.807, 2.05) is 48.5 Å². The first kappa shape index (κ1) is 21.9. The van der Waals surface area contributed by atoms with Gasteiger partial charge in [0.2, 0.25) is 0 Å². The molecule has 2 rings (SSSR count). The molecule has 0 spiro atoms. The molecule has 2 aromatic carbocycles. The summed E-state index contributed by atoms with van der Waals surface area (Å²) in [6.45, 7) is 6.61. The first-order chi connectivity index (χ1) is 13.7. The lowest BCUT2D eigenvalue weighted by molar-refractivity contribution is -0.00856. The summed E-state index contributed by atoms with van der Waals surface area (Å²) in [5, 5.41) is 0. The van der Waals surface area contributed by atoms with Gasteiger partial charge in [-0.25, -0.2) is 0 Å². The molecule has 0 radical (unpaired) electrons. The van der Waals surface area contributed by atoms with Gasteiger partial charge in [-0.15, -0.1) is 0 Å². The minimum atomic E-state index is 0.172. The molecule has 0 fully saturated rings. The molecule has 6 nitrogen and oxygen atoms in total. The molecule has 0 saturated carbocycles. The van der Waals surface area contributed by atoms with Crippen molar-refractivity contribution in [2.45, 2.75) is 0 Å². The summed E-state index contributed by atoms with van der Waals surface area (Å²) in [5.41, 5.74) is 2.79. The van der Waals surface area contributed by atoms with Crippen molar-refractivity contribution in [3.05, 3.63) is 66.2 Å². The zero-order valence-corrected chi connectivity index (χ0v) is 16.5.